The van der Waals surface area contributed by atoms with Gasteiger partial charge in [-0.05, 0) is 51.4 Å². The van der Waals surface area contributed by atoms with Crippen molar-refractivity contribution in [3.63, 3.8) is 0 Å². The molecule has 0 aliphatic heterocycles. The maximum absolute atomic E-state index is 13.4. The van der Waals surface area contributed by atoms with Gasteiger partial charge in [-0.2, -0.15) is 0 Å². The minimum Gasteiger partial charge on any atom is -0.481 e. The molecule has 0 saturated heterocycles. The van der Waals surface area contributed by atoms with Crippen LogP contribution in [0.3, 0.4) is 0 Å². The number of hydrogen-bond acceptors (Lipinski definition) is 3. The Labute approximate surface area is 255 Å². The maximum atomic E-state index is 13.4. The second kappa shape index (κ2) is 24.4. The van der Waals surface area contributed by atoms with E-state index in [1.807, 2.05) is 6.92 Å². The molecule has 3 atom stereocenters. The van der Waals surface area contributed by atoms with Crippen LogP contribution in [0.1, 0.15) is 201 Å². The summed E-state index contributed by atoms with van der Waals surface area (Å²) >= 11 is 0. The highest BCUT2D eigenvalue weighted by Gasteiger charge is 2.48. The SMILES string of the molecule is CCCCCCCCCCCCCCCCCC(CCCCCCCC(C)C)OC(=O)C1(C)CCCCC1C(=O)O. The van der Waals surface area contributed by atoms with Crippen LogP contribution in [0.5, 0.6) is 0 Å². The fourth-order valence-corrected chi connectivity index (χ4v) is 6.72. The number of carboxylic acid groups (broad SMARTS) is 1. The van der Waals surface area contributed by atoms with Gasteiger partial charge in [0.2, 0.25) is 0 Å². The highest BCUT2D eigenvalue weighted by atomic mass is 16.5. The van der Waals surface area contributed by atoms with E-state index in [-0.39, 0.29) is 12.1 Å². The Hall–Kier alpha value is -1.06. The zero-order valence-corrected chi connectivity index (χ0v) is 28.0. The highest BCUT2D eigenvalue weighted by molar-refractivity contribution is 5.84. The molecule has 0 amide bonds. The van der Waals surface area contributed by atoms with Gasteiger partial charge in [0, 0.05) is 0 Å². The Morgan fingerprint density at radius 1 is 0.683 bits per heavy atom. The Morgan fingerprint density at radius 3 is 1.51 bits per heavy atom. The quantitative estimate of drug-likeness (QED) is 0.0777. The van der Waals surface area contributed by atoms with Crippen molar-refractivity contribution in [2.24, 2.45) is 17.3 Å². The fraction of sp³-hybridized carbons (Fsp3) is 0.946. The number of carbonyl (C=O) groups is 2. The number of carbonyl (C=O) groups excluding carboxylic acids is 1. The highest BCUT2D eigenvalue weighted by Crippen LogP contribution is 2.42. The van der Waals surface area contributed by atoms with E-state index in [0.717, 1.165) is 44.4 Å². The van der Waals surface area contributed by atoms with E-state index in [4.69, 9.17) is 4.74 Å². The predicted molar refractivity (Wildman–Crippen MR) is 174 cm³/mol. The van der Waals surface area contributed by atoms with Gasteiger partial charge in [0.25, 0.3) is 0 Å². The van der Waals surface area contributed by atoms with Gasteiger partial charge in [0.15, 0.2) is 0 Å². The molecule has 0 aromatic heterocycles. The van der Waals surface area contributed by atoms with Crippen molar-refractivity contribution in [2.45, 2.75) is 207 Å². The van der Waals surface area contributed by atoms with Gasteiger partial charge in [-0.15, -0.1) is 0 Å². The van der Waals surface area contributed by atoms with Crippen LogP contribution in [0.25, 0.3) is 0 Å². The van der Waals surface area contributed by atoms with Crippen molar-refractivity contribution >= 4 is 11.9 Å². The van der Waals surface area contributed by atoms with Crippen LogP contribution in [0.4, 0.5) is 0 Å². The molecular formula is C37H70O4. The lowest BCUT2D eigenvalue weighted by atomic mass is 9.67. The first-order valence-corrected chi connectivity index (χ1v) is 18.2. The van der Waals surface area contributed by atoms with Gasteiger partial charge in [-0.25, -0.2) is 0 Å². The monoisotopic (exact) mass is 579 g/mol. The molecule has 3 unspecified atom stereocenters. The molecule has 0 bridgehead atoms. The summed E-state index contributed by atoms with van der Waals surface area (Å²) in [4.78, 5) is 25.3. The largest absolute Gasteiger partial charge is 0.481 e. The first-order valence-electron chi connectivity index (χ1n) is 18.2. The Bertz CT molecular complexity index is 645. The predicted octanol–water partition coefficient (Wildman–Crippen LogP) is 11.8. The van der Waals surface area contributed by atoms with Crippen LogP contribution in [0, 0.1) is 17.3 Å². The minimum absolute atomic E-state index is 0.0617. The summed E-state index contributed by atoms with van der Waals surface area (Å²) in [5.74, 6) is -0.933. The number of ether oxygens (including phenoxy) is 1. The van der Waals surface area contributed by atoms with E-state index in [0.29, 0.717) is 12.8 Å². The van der Waals surface area contributed by atoms with E-state index in [9.17, 15) is 14.7 Å². The van der Waals surface area contributed by atoms with Gasteiger partial charge < -0.3 is 9.84 Å². The summed E-state index contributed by atoms with van der Waals surface area (Å²) in [6.45, 7) is 8.70. The van der Waals surface area contributed by atoms with Crippen LogP contribution >= 0.6 is 0 Å². The third-order valence-electron chi connectivity index (χ3n) is 9.68. The zero-order valence-electron chi connectivity index (χ0n) is 28.0. The topological polar surface area (TPSA) is 63.6 Å². The molecule has 1 rings (SSSR count). The van der Waals surface area contributed by atoms with E-state index >= 15 is 0 Å². The van der Waals surface area contributed by atoms with Gasteiger partial charge in [0.1, 0.15) is 6.10 Å². The van der Waals surface area contributed by atoms with Crippen LogP contribution < -0.4 is 0 Å². The first kappa shape index (κ1) is 38.0. The van der Waals surface area contributed by atoms with Crippen molar-refractivity contribution < 1.29 is 19.4 Å². The first-order chi connectivity index (χ1) is 19.8. The Kier molecular flexibility index (Phi) is 22.6. The van der Waals surface area contributed by atoms with E-state index in [2.05, 4.69) is 20.8 Å². The van der Waals surface area contributed by atoms with E-state index < -0.39 is 17.3 Å². The molecule has 0 heterocycles. The van der Waals surface area contributed by atoms with E-state index in [1.165, 1.54) is 122 Å². The Balaban J connectivity index is 2.32. The standard InChI is InChI=1S/C37H70O4/c1-5-6-7-8-9-10-11-12-13-14-15-16-17-20-23-28-33(29-24-21-18-19-22-27-32(2)3)41-36(40)37(4)31-26-25-30-34(37)35(38)39/h32-34H,5-31H2,1-4H3,(H,38,39). The molecule has 1 aliphatic carbocycles. The third kappa shape index (κ3) is 18.3. The summed E-state index contributed by atoms with van der Waals surface area (Å²) in [5.41, 5.74) is -0.881. The van der Waals surface area contributed by atoms with Crippen LogP contribution in [-0.4, -0.2) is 23.1 Å². The van der Waals surface area contributed by atoms with Crippen LogP contribution in [-0.2, 0) is 14.3 Å². The molecule has 242 valence electrons. The number of hydrogen-bond donors (Lipinski definition) is 1. The summed E-state index contributed by atoms with van der Waals surface area (Å²) in [5, 5.41) is 9.78. The number of esters is 1. The number of carboxylic acids is 1. The molecule has 1 aliphatic rings. The second-order valence-corrected chi connectivity index (χ2v) is 14.1. The molecule has 1 N–H and O–H groups in total. The molecule has 1 fully saturated rings. The van der Waals surface area contributed by atoms with Crippen molar-refractivity contribution in [1.29, 1.82) is 0 Å². The Morgan fingerprint density at radius 2 is 1.10 bits per heavy atom. The lowest BCUT2D eigenvalue weighted by Crippen LogP contribution is -2.44. The van der Waals surface area contributed by atoms with Crippen molar-refractivity contribution in [2.75, 3.05) is 0 Å². The third-order valence-corrected chi connectivity index (χ3v) is 9.68. The summed E-state index contributed by atoms with van der Waals surface area (Å²) < 4.78 is 6.15. The lowest BCUT2D eigenvalue weighted by Gasteiger charge is -2.37. The smallest absolute Gasteiger partial charge is 0.312 e. The lowest BCUT2D eigenvalue weighted by molar-refractivity contribution is -0.174. The molecular weight excluding hydrogens is 508 g/mol. The summed E-state index contributed by atoms with van der Waals surface area (Å²) in [6, 6.07) is 0. The van der Waals surface area contributed by atoms with Gasteiger partial charge >= 0.3 is 11.9 Å². The minimum atomic E-state index is -0.881. The van der Waals surface area contributed by atoms with Crippen molar-refractivity contribution in [3.8, 4) is 0 Å². The number of aliphatic carboxylic acids is 1. The average Bonchev–Trinajstić information content (AvgIpc) is 2.94. The molecule has 41 heavy (non-hydrogen) atoms. The second-order valence-electron chi connectivity index (χ2n) is 14.1. The summed E-state index contributed by atoms with van der Waals surface area (Å²) in [6.07, 6.45) is 32.5. The number of rotatable bonds is 27. The molecule has 1 saturated carbocycles. The average molecular weight is 579 g/mol. The molecule has 0 spiro atoms. The van der Waals surface area contributed by atoms with E-state index in [1.54, 1.807) is 0 Å². The van der Waals surface area contributed by atoms with Gasteiger partial charge in [-0.3, -0.25) is 9.59 Å². The van der Waals surface area contributed by atoms with Crippen molar-refractivity contribution in [3.05, 3.63) is 0 Å². The van der Waals surface area contributed by atoms with Gasteiger partial charge in [-0.1, -0.05) is 156 Å². The number of unbranched alkanes of at least 4 members (excludes halogenated alkanes) is 18. The molecule has 0 radical (unpaired) electrons. The fourth-order valence-electron chi connectivity index (χ4n) is 6.72. The maximum Gasteiger partial charge on any atom is 0.312 e. The molecule has 4 nitrogen and oxygen atoms in total. The molecule has 4 heteroatoms. The van der Waals surface area contributed by atoms with Crippen molar-refractivity contribution in [1.82, 2.24) is 0 Å². The van der Waals surface area contributed by atoms with Crippen LogP contribution in [0.2, 0.25) is 0 Å². The zero-order chi connectivity index (χ0) is 30.2. The van der Waals surface area contributed by atoms with Crippen LogP contribution in [0.15, 0.2) is 0 Å². The van der Waals surface area contributed by atoms with Gasteiger partial charge in [0.05, 0.1) is 11.3 Å². The summed E-state index contributed by atoms with van der Waals surface area (Å²) in [7, 11) is 0. The molecule has 0 aromatic rings. The normalized spacial score (nSPS) is 19.9. The molecule has 0 aromatic carbocycles.